The molecule has 0 atom stereocenters. The molecule has 9 heteroatoms. The maximum absolute atomic E-state index is 12.9. The molecule has 0 saturated carbocycles. The predicted octanol–water partition coefficient (Wildman–Crippen LogP) is 4.38. The predicted molar refractivity (Wildman–Crippen MR) is 103 cm³/mol. The van der Waals surface area contributed by atoms with Crippen LogP contribution in [0.3, 0.4) is 0 Å². The minimum Gasteiger partial charge on any atom is -0.504 e. The number of phenolic OH excluding ortho intramolecular Hbond substituents is 1. The van der Waals surface area contributed by atoms with Gasteiger partial charge in [0.1, 0.15) is 5.82 Å². The zero-order chi connectivity index (χ0) is 19.4. The second kappa shape index (κ2) is 8.15. The second-order valence-electron chi connectivity index (χ2n) is 5.30. The Labute approximate surface area is 162 Å². The van der Waals surface area contributed by atoms with E-state index in [-0.39, 0.29) is 15.8 Å². The summed E-state index contributed by atoms with van der Waals surface area (Å²) in [4.78, 5) is 12.2. The SMILES string of the molecule is COc1ccc(/C=C(\Cl)c2nnc(C(=O)Nc3ccc(F)cc3)s2)cc1O. The van der Waals surface area contributed by atoms with Crippen LogP contribution in [0.15, 0.2) is 42.5 Å². The van der Waals surface area contributed by atoms with Crippen LogP contribution in [0.2, 0.25) is 0 Å². The first kappa shape index (κ1) is 18.8. The Hall–Kier alpha value is -2.97. The van der Waals surface area contributed by atoms with E-state index in [1.807, 2.05) is 0 Å². The standard InChI is InChI=1S/C18H13ClFN3O3S/c1-26-15-7-2-10(9-14(15)24)8-13(19)17-22-23-18(27-17)16(25)21-12-5-3-11(20)4-6-12/h2-9,24H,1H3,(H,21,25)/b13-8-. The Morgan fingerprint density at radius 2 is 1.93 bits per heavy atom. The summed E-state index contributed by atoms with van der Waals surface area (Å²) in [7, 11) is 1.46. The molecular formula is C18H13ClFN3O3S. The van der Waals surface area contributed by atoms with Crippen LogP contribution in [0.25, 0.3) is 11.1 Å². The van der Waals surface area contributed by atoms with Gasteiger partial charge in [0, 0.05) is 5.69 Å². The number of rotatable bonds is 5. The normalized spacial score (nSPS) is 11.3. The van der Waals surface area contributed by atoms with Gasteiger partial charge in [0.2, 0.25) is 5.01 Å². The minimum atomic E-state index is -0.475. The Balaban J connectivity index is 1.75. The van der Waals surface area contributed by atoms with Crippen LogP contribution in [0.1, 0.15) is 20.4 Å². The lowest BCUT2D eigenvalue weighted by Crippen LogP contribution is -2.11. The third kappa shape index (κ3) is 4.60. The van der Waals surface area contributed by atoms with E-state index >= 15 is 0 Å². The van der Waals surface area contributed by atoms with E-state index in [0.717, 1.165) is 11.3 Å². The highest BCUT2D eigenvalue weighted by Crippen LogP contribution is 2.30. The fourth-order valence-corrected chi connectivity index (χ4v) is 3.06. The summed E-state index contributed by atoms with van der Waals surface area (Å²) in [5.41, 5.74) is 1.07. The number of ether oxygens (including phenoxy) is 1. The van der Waals surface area contributed by atoms with Crippen molar-refractivity contribution < 1.29 is 19.0 Å². The lowest BCUT2D eigenvalue weighted by molar-refractivity contribution is 0.102. The molecule has 2 aromatic carbocycles. The zero-order valence-corrected chi connectivity index (χ0v) is 15.5. The van der Waals surface area contributed by atoms with Gasteiger partial charge in [-0.2, -0.15) is 0 Å². The van der Waals surface area contributed by atoms with Crippen LogP contribution in [-0.4, -0.2) is 28.3 Å². The van der Waals surface area contributed by atoms with Crippen molar-refractivity contribution in [2.75, 3.05) is 12.4 Å². The van der Waals surface area contributed by atoms with Crippen molar-refractivity contribution in [3.8, 4) is 11.5 Å². The third-order valence-corrected chi connectivity index (χ3v) is 4.78. The van der Waals surface area contributed by atoms with Gasteiger partial charge in [-0.3, -0.25) is 4.79 Å². The van der Waals surface area contributed by atoms with Crippen molar-refractivity contribution in [2.45, 2.75) is 0 Å². The molecule has 27 heavy (non-hydrogen) atoms. The van der Waals surface area contributed by atoms with Crippen LogP contribution in [0, 0.1) is 5.82 Å². The number of nitrogens with zero attached hydrogens (tertiary/aromatic N) is 2. The number of hydrogen-bond acceptors (Lipinski definition) is 6. The number of carbonyl (C=O) groups excluding carboxylic acids is 1. The summed E-state index contributed by atoms with van der Waals surface area (Å²) in [6.45, 7) is 0. The minimum absolute atomic E-state index is 0.0210. The van der Waals surface area contributed by atoms with Crippen molar-refractivity contribution in [1.82, 2.24) is 10.2 Å². The summed E-state index contributed by atoms with van der Waals surface area (Å²) in [6, 6.07) is 10.2. The summed E-state index contributed by atoms with van der Waals surface area (Å²) >= 11 is 7.25. The van der Waals surface area contributed by atoms with Gasteiger partial charge >= 0.3 is 0 Å². The molecule has 0 radical (unpaired) electrons. The number of benzene rings is 2. The lowest BCUT2D eigenvalue weighted by Gasteiger charge is -2.03. The number of anilines is 1. The van der Waals surface area contributed by atoms with E-state index < -0.39 is 11.7 Å². The summed E-state index contributed by atoms with van der Waals surface area (Å²) < 4.78 is 17.9. The van der Waals surface area contributed by atoms with Crippen LogP contribution in [0.4, 0.5) is 10.1 Å². The van der Waals surface area contributed by atoms with Gasteiger partial charge in [-0.15, -0.1) is 10.2 Å². The Morgan fingerprint density at radius 3 is 2.59 bits per heavy atom. The summed E-state index contributed by atoms with van der Waals surface area (Å²) in [5.74, 6) is -0.545. The largest absolute Gasteiger partial charge is 0.504 e. The number of nitrogens with one attached hydrogen (secondary N) is 1. The summed E-state index contributed by atoms with van der Waals surface area (Å²) in [5, 5.41) is 20.9. The number of phenols is 1. The molecule has 0 bridgehead atoms. The molecule has 3 rings (SSSR count). The first-order chi connectivity index (χ1) is 13.0. The van der Waals surface area contributed by atoms with E-state index in [1.165, 1.54) is 37.4 Å². The number of aromatic nitrogens is 2. The maximum atomic E-state index is 12.9. The summed E-state index contributed by atoms with van der Waals surface area (Å²) in [6.07, 6.45) is 1.59. The van der Waals surface area contributed by atoms with Crippen LogP contribution >= 0.6 is 22.9 Å². The van der Waals surface area contributed by atoms with Crippen LogP contribution in [0.5, 0.6) is 11.5 Å². The molecule has 6 nitrogen and oxygen atoms in total. The first-order valence-corrected chi connectivity index (χ1v) is 8.80. The molecule has 1 heterocycles. The highest BCUT2D eigenvalue weighted by atomic mass is 35.5. The second-order valence-corrected chi connectivity index (χ2v) is 6.68. The van der Waals surface area contributed by atoms with E-state index in [1.54, 1.807) is 18.2 Å². The van der Waals surface area contributed by atoms with E-state index in [2.05, 4.69) is 15.5 Å². The van der Waals surface area contributed by atoms with Crippen molar-refractivity contribution in [3.63, 3.8) is 0 Å². The lowest BCUT2D eigenvalue weighted by atomic mass is 10.2. The van der Waals surface area contributed by atoms with Crippen molar-refractivity contribution in [2.24, 2.45) is 0 Å². The van der Waals surface area contributed by atoms with Gasteiger partial charge in [0.15, 0.2) is 16.5 Å². The topological polar surface area (TPSA) is 84.3 Å². The smallest absolute Gasteiger partial charge is 0.286 e. The van der Waals surface area contributed by atoms with Crippen LogP contribution < -0.4 is 10.1 Å². The maximum Gasteiger partial charge on any atom is 0.286 e. The van der Waals surface area contributed by atoms with Gasteiger partial charge in [0.05, 0.1) is 12.1 Å². The Morgan fingerprint density at radius 1 is 1.22 bits per heavy atom. The molecule has 1 amide bonds. The van der Waals surface area contributed by atoms with Crippen LogP contribution in [-0.2, 0) is 0 Å². The zero-order valence-electron chi connectivity index (χ0n) is 13.9. The molecule has 0 aliphatic heterocycles. The molecule has 3 aromatic rings. The number of carbonyl (C=O) groups is 1. The van der Waals surface area contributed by atoms with Gasteiger partial charge in [-0.1, -0.05) is 29.0 Å². The van der Waals surface area contributed by atoms with Gasteiger partial charge in [-0.05, 0) is 48.0 Å². The van der Waals surface area contributed by atoms with Crippen molar-refractivity contribution >= 4 is 45.6 Å². The molecule has 0 unspecified atom stereocenters. The quantitative estimate of drug-likeness (QED) is 0.658. The Bertz CT molecular complexity index is 1010. The molecular weight excluding hydrogens is 393 g/mol. The van der Waals surface area contributed by atoms with E-state index in [0.29, 0.717) is 22.0 Å². The highest BCUT2D eigenvalue weighted by molar-refractivity contribution is 7.15. The van der Waals surface area contributed by atoms with E-state index in [4.69, 9.17) is 16.3 Å². The number of methoxy groups -OCH3 is 1. The fourth-order valence-electron chi connectivity index (χ4n) is 2.13. The number of halogens is 2. The van der Waals surface area contributed by atoms with Crippen molar-refractivity contribution in [1.29, 1.82) is 0 Å². The molecule has 1 aromatic heterocycles. The van der Waals surface area contributed by atoms with E-state index in [9.17, 15) is 14.3 Å². The molecule has 0 spiro atoms. The van der Waals surface area contributed by atoms with Crippen molar-refractivity contribution in [3.05, 3.63) is 63.9 Å². The molecule has 0 aliphatic carbocycles. The number of hydrogen-bond donors (Lipinski definition) is 2. The third-order valence-electron chi connectivity index (χ3n) is 3.42. The molecule has 0 aliphatic rings. The number of amides is 1. The average Bonchev–Trinajstić information content (AvgIpc) is 3.14. The molecule has 2 N–H and O–H groups in total. The monoisotopic (exact) mass is 405 g/mol. The van der Waals surface area contributed by atoms with Gasteiger partial charge in [0.25, 0.3) is 5.91 Å². The number of aromatic hydroxyl groups is 1. The highest BCUT2D eigenvalue weighted by Gasteiger charge is 2.15. The average molecular weight is 406 g/mol. The van der Waals surface area contributed by atoms with Gasteiger partial charge < -0.3 is 15.2 Å². The first-order valence-electron chi connectivity index (χ1n) is 7.61. The molecule has 0 saturated heterocycles. The molecule has 0 fully saturated rings. The Kier molecular flexibility index (Phi) is 5.68. The van der Waals surface area contributed by atoms with Gasteiger partial charge in [-0.25, -0.2) is 4.39 Å². The fraction of sp³-hybridized carbons (Fsp3) is 0.0556. The molecule has 138 valence electrons.